The minimum absolute atomic E-state index is 0.0481. The molecule has 0 amide bonds. The minimum Gasteiger partial charge on any atom is -0.382 e. The maximum Gasteiger partial charge on any atom is 0.419 e. The van der Waals surface area contributed by atoms with E-state index in [-0.39, 0.29) is 17.3 Å². The van der Waals surface area contributed by atoms with E-state index in [4.69, 9.17) is 5.73 Å². The van der Waals surface area contributed by atoms with Gasteiger partial charge in [0, 0.05) is 5.69 Å². The van der Waals surface area contributed by atoms with Gasteiger partial charge in [0.15, 0.2) is 5.82 Å². The Labute approximate surface area is 105 Å². The van der Waals surface area contributed by atoms with Crippen molar-refractivity contribution in [1.29, 1.82) is 0 Å². The molecule has 0 spiro atoms. The molecular formula is C11H10F4N4. The molecule has 1 aromatic heterocycles. The Morgan fingerprint density at radius 3 is 2.53 bits per heavy atom. The number of anilines is 3. The van der Waals surface area contributed by atoms with Crippen molar-refractivity contribution in [2.45, 2.75) is 13.1 Å². The fourth-order valence-corrected chi connectivity index (χ4v) is 1.56. The molecule has 0 bridgehead atoms. The zero-order valence-corrected chi connectivity index (χ0v) is 9.77. The average molecular weight is 274 g/mol. The molecule has 4 nitrogen and oxygen atoms in total. The molecule has 2 aromatic rings. The second-order valence-electron chi connectivity index (χ2n) is 3.90. The van der Waals surface area contributed by atoms with Gasteiger partial charge in [-0.05, 0) is 25.1 Å². The number of nitrogen functional groups attached to an aromatic ring is 1. The number of hydrogen-bond acceptors (Lipinski definition) is 3. The number of nitrogens with one attached hydrogen (secondary N) is 2. The van der Waals surface area contributed by atoms with Crippen LogP contribution in [0.25, 0.3) is 0 Å². The second kappa shape index (κ2) is 4.45. The third-order valence-electron chi connectivity index (χ3n) is 2.38. The lowest BCUT2D eigenvalue weighted by Gasteiger charge is -2.10. The summed E-state index contributed by atoms with van der Waals surface area (Å²) in [5.74, 6) is -0.435. The van der Waals surface area contributed by atoms with Crippen LogP contribution in [0.15, 0.2) is 18.2 Å². The fourth-order valence-electron chi connectivity index (χ4n) is 1.56. The van der Waals surface area contributed by atoms with Crippen LogP contribution < -0.4 is 11.1 Å². The molecule has 2 rings (SSSR count). The fraction of sp³-hybridized carbons (Fsp3) is 0.182. The molecule has 102 valence electrons. The largest absolute Gasteiger partial charge is 0.419 e. The Hall–Kier alpha value is -2.25. The zero-order valence-electron chi connectivity index (χ0n) is 9.77. The van der Waals surface area contributed by atoms with E-state index in [2.05, 4.69) is 15.3 Å². The first-order valence-corrected chi connectivity index (χ1v) is 5.23. The average Bonchev–Trinajstić information content (AvgIpc) is 2.58. The van der Waals surface area contributed by atoms with Crippen LogP contribution in [0.1, 0.15) is 11.4 Å². The number of hydrogen-bond donors (Lipinski definition) is 3. The highest BCUT2D eigenvalue weighted by atomic mass is 19.4. The number of nitrogens with two attached hydrogens (primary N) is 1. The van der Waals surface area contributed by atoms with Crippen LogP contribution in [0, 0.1) is 12.7 Å². The van der Waals surface area contributed by atoms with Gasteiger partial charge in [0.1, 0.15) is 17.5 Å². The number of alkyl halides is 3. The van der Waals surface area contributed by atoms with Gasteiger partial charge in [0.2, 0.25) is 0 Å². The van der Waals surface area contributed by atoms with Gasteiger partial charge < -0.3 is 16.0 Å². The number of benzene rings is 1. The summed E-state index contributed by atoms with van der Waals surface area (Å²) in [7, 11) is 0. The van der Waals surface area contributed by atoms with Gasteiger partial charge in [-0.1, -0.05) is 0 Å². The predicted octanol–water partition coefficient (Wildman–Crippen LogP) is 3.20. The molecule has 0 atom stereocenters. The van der Waals surface area contributed by atoms with Crippen molar-refractivity contribution >= 4 is 17.3 Å². The normalized spacial score (nSPS) is 11.6. The van der Waals surface area contributed by atoms with Gasteiger partial charge in [-0.3, -0.25) is 0 Å². The summed E-state index contributed by atoms with van der Waals surface area (Å²) in [4.78, 5) is 6.64. The molecule has 1 aromatic carbocycles. The number of halogens is 4. The highest BCUT2D eigenvalue weighted by molar-refractivity contribution is 5.66. The number of imidazole rings is 1. The molecule has 0 aliphatic heterocycles. The standard InChI is InChI=1S/C11H10F4N4/c1-5-17-9(16)10(18-5)19-6-2-3-8(12)7(4-6)11(13,14)15/h2-4,19H,16H2,1H3,(H,17,18). The van der Waals surface area contributed by atoms with Crippen molar-refractivity contribution in [3.8, 4) is 0 Å². The number of nitrogens with zero attached hydrogens (tertiary/aromatic N) is 1. The first kappa shape index (κ1) is 13.2. The smallest absolute Gasteiger partial charge is 0.382 e. The quantitative estimate of drug-likeness (QED) is 0.737. The number of H-pyrrole nitrogens is 1. The van der Waals surface area contributed by atoms with Crippen molar-refractivity contribution in [1.82, 2.24) is 9.97 Å². The Bertz CT molecular complexity index is 603. The van der Waals surface area contributed by atoms with E-state index in [1.165, 1.54) is 6.07 Å². The number of aromatic nitrogens is 2. The van der Waals surface area contributed by atoms with Crippen molar-refractivity contribution in [2.24, 2.45) is 0 Å². The Morgan fingerprint density at radius 1 is 1.32 bits per heavy atom. The van der Waals surface area contributed by atoms with Gasteiger partial charge in [-0.2, -0.15) is 13.2 Å². The van der Waals surface area contributed by atoms with Gasteiger partial charge in [-0.15, -0.1) is 0 Å². The highest BCUT2D eigenvalue weighted by Gasteiger charge is 2.34. The summed E-state index contributed by atoms with van der Waals surface area (Å²) < 4.78 is 50.7. The molecule has 1 heterocycles. The summed E-state index contributed by atoms with van der Waals surface area (Å²) in [6.45, 7) is 1.65. The topological polar surface area (TPSA) is 66.7 Å². The van der Waals surface area contributed by atoms with Crippen molar-refractivity contribution in [2.75, 3.05) is 11.1 Å². The SMILES string of the molecule is Cc1nc(Nc2ccc(F)c(C(F)(F)F)c2)c(N)[nH]1. The molecule has 0 radical (unpaired) electrons. The first-order chi connectivity index (χ1) is 8.77. The summed E-state index contributed by atoms with van der Waals surface area (Å²) in [6, 6.07) is 2.58. The van der Waals surface area contributed by atoms with Gasteiger partial charge in [0.05, 0.1) is 5.56 Å². The van der Waals surface area contributed by atoms with Crippen molar-refractivity contribution in [3.63, 3.8) is 0 Å². The number of aromatic amines is 1. The highest BCUT2D eigenvalue weighted by Crippen LogP contribution is 2.33. The zero-order chi connectivity index (χ0) is 14.2. The summed E-state index contributed by atoms with van der Waals surface area (Å²) >= 11 is 0. The predicted molar refractivity (Wildman–Crippen MR) is 62.4 cm³/mol. The van der Waals surface area contributed by atoms with Crippen LogP contribution in [0.4, 0.5) is 34.9 Å². The van der Waals surface area contributed by atoms with Gasteiger partial charge in [-0.25, -0.2) is 9.37 Å². The summed E-state index contributed by atoms with van der Waals surface area (Å²) in [5, 5.41) is 2.60. The maximum absolute atomic E-state index is 13.1. The first-order valence-electron chi connectivity index (χ1n) is 5.23. The summed E-state index contributed by atoms with van der Waals surface area (Å²) in [5.41, 5.74) is 4.27. The van der Waals surface area contributed by atoms with E-state index in [0.29, 0.717) is 11.9 Å². The van der Waals surface area contributed by atoms with Crippen LogP contribution >= 0.6 is 0 Å². The molecule has 0 aliphatic carbocycles. The molecular weight excluding hydrogens is 264 g/mol. The molecule has 4 N–H and O–H groups in total. The van der Waals surface area contributed by atoms with Crippen molar-refractivity contribution in [3.05, 3.63) is 35.4 Å². The van der Waals surface area contributed by atoms with Crippen LogP contribution in [0.2, 0.25) is 0 Å². The molecule has 8 heteroatoms. The van der Waals surface area contributed by atoms with Gasteiger partial charge in [0.25, 0.3) is 0 Å². The third kappa shape index (κ3) is 2.78. The van der Waals surface area contributed by atoms with E-state index in [0.717, 1.165) is 6.07 Å². The van der Waals surface area contributed by atoms with E-state index >= 15 is 0 Å². The van der Waals surface area contributed by atoms with E-state index in [1.54, 1.807) is 6.92 Å². The van der Waals surface area contributed by atoms with Crippen LogP contribution in [0.5, 0.6) is 0 Å². The number of aryl methyl sites for hydroxylation is 1. The third-order valence-corrected chi connectivity index (χ3v) is 2.38. The molecule has 19 heavy (non-hydrogen) atoms. The van der Waals surface area contributed by atoms with E-state index in [9.17, 15) is 17.6 Å². The van der Waals surface area contributed by atoms with Crippen LogP contribution in [-0.4, -0.2) is 9.97 Å². The lowest BCUT2D eigenvalue weighted by atomic mass is 10.2. The number of rotatable bonds is 2. The monoisotopic (exact) mass is 274 g/mol. The molecule has 0 saturated carbocycles. The summed E-state index contributed by atoms with van der Waals surface area (Å²) in [6.07, 6.45) is -4.76. The van der Waals surface area contributed by atoms with E-state index in [1.807, 2.05) is 0 Å². The Balaban J connectivity index is 2.34. The molecule has 0 fully saturated rings. The maximum atomic E-state index is 13.1. The minimum atomic E-state index is -4.76. The Morgan fingerprint density at radius 2 is 2.00 bits per heavy atom. The molecule has 0 saturated heterocycles. The van der Waals surface area contributed by atoms with E-state index < -0.39 is 17.6 Å². The molecule has 0 unspecified atom stereocenters. The Kier molecular flexibility index (Phi) is 3.09. The van der Waals surface area contributed by atoms with Gasteiger partial charge >= 0.3 is 6.18 Å². The van der Waals surface area contributed by atoms with Crippen LogP contribution in [-0.2, 0) is 6.18 Å². The van der Waals surface area contributed by atoms with Crippen molar-refractivity contribution < 1.29 is 17.6 Å². The lowest BCUT2D eigenvalue weighted by Crippen LogP contribution is -2.08. The lowest BCUT2D eigenvalue weighted by molar-refractivity contribution is -0.139. The molecule has 0 aliphatic rings. The van der Waals surface area contributed by atoms with Crippen LogP contribution in [0.3, 0.4) is 0 Å². The second-order valence-corrected chi connectivity index (χ2v) is 3.90.